The number of rotatable bonds is 7. The Bertz CT molecular complexity index is 761. The zero-order valence-electron chi connectivity index (χ0n) is 16.8. The molecule has 1 aliphatic heterocycles. The van der Waals surface area contributed by atoms with Gasteiger partial charge in [-0.3, -0.25) is 4.79 Å². The van der Waals surface area contributed by atoms with Crippen molar-refractivity contribution in [3.8, 4) is 0 Å². The summed E-state index contributed by atoms with van der Waals surface area (Å²) < 4.78 is 5.81. The van der Waals surface area contributed by atoms with E-state index in [1.54, 1.807) is 11.3 Å². The van der Waals surface area contributed by atoms with Crippen LogP contribution in [0.2, 0.25) is 0 Å². The minimum atomic E-state index is 0.120. The Morgan fingerprint density at radius 3 is 2.56 bits per heavy atom. The van der Waals surface area contributed by atoms with Gasteiger partial charge in [-0.2, -0.15) is 0 Å². The summed E-state index contributed by atoms with van der Waals surface area (Å²) in [5.41, 5.74) is 3.53. The monoisotopic (exact) mass is 386 g/mol. The van der Waals surface area contributed by atoms with Crippen molar-refractivity contribution in [1.82, 2.24) is 4.90 Å². The van der Waals surface area contributed by atoms with Crippen LogP contribution in [0.4, 0.5) is 5.69 Å². The van der Waals surface area contributed by atoms with Crippen LogP contribution in [-0.2, 0) is 17.7 Å². The van der Waals surface area contributed by atoms with Crippen LogP contribution in [0, 0.1) is 6.92 Å². The van der Waals surface area contributed by atoms with Crippen LogP contribution in [0.15, 0.2) is 30.3 Å². The van der Waals surface area contributed by atoms with E-state index in [4.69, 9.17) is 4.74 Å². The lowest BCUT2D eigenvalue weighted by Gasteiger charge is -2.25. The van der Waals surface area contributed by atoms with Crippen molar-refractivity contribution in [3.05, 3.63) is 51.2 Å². The third-order valence-electron chi connectivity index (χ3n) is 5.11. The summed E-state index contributed by atoms with van der Waals surface area (Å²) in [5.74, 6) is 0.120. The maximum absolute atomic E-state index is 13.3. The lowest BCUT2D eigenvalue weighted by Crippen LogP contribution is -2.36. The average Bonchev–Trinajstić information content (AvgIpc) is 3.30. The van der Waals surface area contributed by atoms with Gasteiger partial charge in [0, 0.05) is 44.4 Å². The zero-order valence-corrected chi connectivity index (χ0v) is 17.6. The molecule has 1 aliphatic rings. The highest BCUT2D eigenvalue weighted by molar-refractivity contribution is 7.14. The number of hydrogen-bond donors (Lipinski definition) is 0. The summed E-state index contributed by atoms with van der Waals surface area (Å²) in [4.78, 5) is 19.4. The van der Waals surface area contributed by atoms with E-state index in [1.165, 1.54) is 10.4 Å². The van der Waals surface area contributed by atoms with E-state index >= 15 is 0 Å². The molecule has 0 spiro atoms. The highest BCUT2D eigenvalue weighted by atomic mass is 32.1. The molecule has 1 aromatic heterocycles. The fraction of sp³-hybridized carbons (Fsp3) is 0.500. The topological polar surface area (TPSA) is 32.8 Å². The quantitative estimate of drug-likeness (QED) is 0.702. The second kappa shape index (κ2) is 8.89. The molecule has 27 heavy (non-hydrogen) atoms. The Morgan fingerprint density at radius 1 is 1.26 bits per heavy atom. The maximum Gasteiger partial charge on any atom is 0.264 e. The Labute approximate surface area is 166 Å². The van der Waals surface area contributed by atoms with E-state index in [2.05, 4.69) is 43.0 Å². The first-order valence-electron chi connectivity index (χ1n) is 9.74. The minimum absolute atomic E-state index is 0.120. The van der Waals surface area contributed by atoms with Gasteiger partial charge >= 0.3 is 0 Å². The molecule has 5 heteroatoms. The van der Waals surface area contributed by atoms with Gasteiger partial charge in [-0.25, -0.2) is 0 Å². The van der Waals surface area contributed by atoms with Crippen molar-refractivity contribution in [1.29, 1.82) is 0 Å². The van der Waals surface area contributed by atoms with Crippen LogP contribution in [0.5, 0.6) is 0 Å². The van der Waals surface area contributed by atoms with Crippen molar-refractivity contribution >= 4 is 22.9 Å². The predicted molar refractivity (Wildman–Crippen MR) is 113 cm³/mol. The Hall–Kier alpha value is -1.85. The minimum Gasteiger partial charge on any atom is -0.378 e. The van der Waals surface area contributed by atoms with Crippen molar-refractivity contribution in [2.75, 3.05) is 32.1 Å². The number of anilines is 1. The Morgan fingerprint density at radius 2 is 2.00 bits per heavy atom. The molecule has 1 aromatic carbocycles. The Kier molecular flexibility index (Phi) is 6.55. The third-order valence-corrected chi connectivity index (χ3v) is 6.48. The summed E-state index contributed by atoms with van der Waals surface area (Å²) in [6, 6.07) is 10.5. The molecule has 0 saturated carbocycles. The highest BCUT2D eigenvalue weighted by Gasteiger charge is 2.25. The standard InChI is InChI=1S/C22H30N2O2S/c1-5-20-16(2)13-21(27-20)22(25)24(15-19-7-6-12-26-19)14-17-8-10-18(11-9-17)23(3)4/h8-11,13,19H,5-7,12,14-15H2,1-4H3. The van der Waals surface area contributed by atoms with Gasteiger partial charge in [-0.05, 0) is 55.5 Å². The molecular weight excluding hydrogens is 356 g/mol. The second-order valence-electron chi connectivity index (χ2n) is 7.45. The van der Waals surface area contributed by atoms with E-state index in [-0.39, 0.29) is 12.0 Å². The predicted octanol–water partition coefficient (Wildman–Crippen LogP) is 4.51. The van der Waals surface area contributed by atoms with Gasteiger partial charge in [0.05, 0.1) is 11.0 Å². The number of aryl methyl sites for hydroxylation is 2. The van der Waals surface area contributed by atoms with Crippen LogP contribution >= 0.6 is 11.3 Å². The average molecular weight is 387 g/mol. The molecule has 4 nitrogen and oxygen atoms in total. The summed E-state index contributed by atoms with van der Waals surface area (Å²) in [7, 11) is 4.07. The second-order valence-corrected chi connectivity index (χ2v) is 8.59. The number of nitrogens with zero attached hydrogens (tertiary/aromatic N) is 2. The third kappa shape index (κ3) is 4.90. The molecular formula is C22H30N2O2S. The SMILES string of the molecule is CCc1sc(C(=O)N(Cc2ccc(N(C)C)cc2)CC2CCCO2)cc1C. The molecule has 1 fully saturated rings. The van der Waals surface area contributed by atoms with E-state index in [0.717, 1.165) is 42.0 Å². The first-order valence-corrected chi connectivity index (χ1v) is 10.6. The normalized spacial score (nSPS) is 16.5. The van der Waals surface area contributed by atoms with Gasteiger partial charge in [0.1, 0.15) is 0 Å². The molecule has 146 valence electrons. The van der Waals surface area contributed by atoms with E-state index in [0.29, 0.717) is 13.1 Å². The van der Waals surface area contributed by atoms with Gasteiger partial charge in [0.2, 0.25) is 0 Å². The van der Waals surface area contributed by atoms with E-state index in [9.17, 15) is 4.79 Å². The summed E-state index contributed by atoms with van der Waals surface area (Å²) in [5, 5.41) is 0. The molecule has 1 atom stereocenters. The lowest BCUT2D eigenvalue weighted by molar-refractivity contribution is 0.0511. The van der Waals surface area contributed by atoms with Crippen LogP contribution < -0.4 is 4.90 Å². The fourth-order valence-electron chi connectivity index (χ4n) is 3.51. The van der Waals surface area contributed by atoms with Gasteiger partial charge in [0.15, 0.2) is 0 Å². The van der Waals surface area contributed by atoms with Gasteiger partial charge in [0.25, 0.3) is 5.91 Å². The first kappa shape index (κ1) is 19.9. The van der Waals surface area contributed by atoms with Gasteiger partial charge < -0.3 is 14.5 Å². The largest absolute Gasteiger partial charge is 0.378 e. The summed E-state index contributed by atoms with van der Waals surface area (Å²) in [6.45, 7) is 6.32. The number of thiophene rings is 1. The molecule has 1 unspecified atom stereocenters. The van der Waals surface area contributed by atoms with Crippen LogP contribution in [0.1, 0.15) is 45.4 Å². The highest BCUT2D eigenvalue weighted by Crippen LogP contribution is 2.25. The van der Waals surface area contributed by atoms with E-state index in [1.807, 2.05) is 25.1 Å². The fourth-order valence-corrected chi connectivity index (χ4v) is 4.59. The van der Waals surface area contributed by atoms with Gasteiger partial charge in [-0.1, -0.05) is 19.1 Å². The maximum atomic E-state index is 13.3. The van der Waals surface area contributed by atoms with Crippen molar-refractivity contribution in [3.63, 3.8) is 0 Å². The molecule has 1 saturated heterocycles. The number of carbonyl (C=O) groups is 1. The molecule has 0 aliphatic carbocycles. The molecule has 2 heterocycles. The molecule has 2 aromatic rings. The first-order chi connectivity index (χ1) is 13.0. The van der Waals surface area contributed by atoms with E-state index < -0.39 is 0 Å². The summed E-state index contributed by atoms with van der Waals surface area (Å²) in [6.07, 6.45) is 3.25. The van der Waals surface area contributed by atoms with Crippen LogP contribution in [0.3, 0.4) is 0 Å². The molecule has 1 amide bonds. The Balaban J connectivity index is 1.79. The number of benzene rings is 1. The number of ether oxygens (including phenoxy) is 1. The lowest BCUT2D eigenvalue weighted by atomic mass is 10.1. The molecule has 0 N–H and O–H groups in total. The van der Waals surface area contributed by atoms with Crippen LogP contribution in [-0.4, -0.2) is 44.2 Å². The number of hydrogen-bond acceptors (Lipinski definition) is 4. The van der Waals surface area contributed by atoms with Crippen molar-refractivity contribution in [2.24, 2.45) is 0 Å². The molecule has 0 radical (unpaired) electrons. The number of amides is 1. The van der Waals surface area contributed by atoms with Crippen molar-refractivity contribution in [2.45, 2.75) is 45.8 Å². The van der Waals surface area contributed by atoms with Crippen LogP contribution in [0.25, 0.3) is 0 Å². The summed E-state index contributed by atoms with van der Waals surface area (Å²) >= 11 is 1.63. The number of carbonyl (C=O) groups excluding carboxylic acids is 1. The smallest absolute Gasteiger partial charge is 0.264 e. The molecule has 3 rings (SSSR count). The molecule has 0 bridgehead atoms. The zero-order chi connectivity index (χ0) is 19.4. The van der Waals surface area contributed by atoms with Gasteiger partial charge in [-0.15, -0.1) is 11.3 Å². The van der Waals surface area contributed by atoms with Crippen molar-refractivity contribution < 1.29 is 9.53 Å².